The molecule has 1 aromatic carbocycles. The van der Waals surface area contributed by atoms with Crippen LogP contribution in [0.25, 0.3) is 0 Å². The van der Waals surface area contributed by atoms with Crippen molar-refractivity contribution in [2.45, 2.75) is 25.2 Å². The van der Waals surface area contributed by atoms with Crippen LogP contribution in [0.4, 0.5) is 0 Å². The van der Waals surface area contributed by atoms with E-state index in [2.05, 4.69) is 18.6 Å². The number of phenols is 1. The largest absolute Gasteiger partial charge is 0.507 e. The minimum Gasteiger partial charge on any atom is -0.507 e. The molecule has 6 nitrogen and oxygen atoms in total. The molecule has 1 aliphatic carbocycles. The van der Waals surface area contributed by atoms with Gasteiger partial charge in [-0.2, -0.15) is 0 Å². The second-order valence-electron chi connectivity index (χ2n) is 5.73. The number of carboxylic acid groups (broad SMARTS) is 1. The predicted octanol–water partition coefficient (Wildman–Crippen LogP) is 1.41. The summed E-state index contributed by atoms with van der Waals surface area (Å²) in [6.45, 7) is 4.46. The van der Waals surface area contributed by atoms with Gasteiger partial charge in [0.1, 0.15) is 11.3 Å². The topological polar surface area (TPSA) is 104 Å². The summed E-state index contributed by atoms with van der Waals surface area (Å²) in [6, 6.07) is 3.21. The van der Waals surface area contributed by atoms with E-state index in [-0.39, 0.29) is 10.3 Å². The van der Waals surface area contributed by atoms with Crippen molar-refractivity contribution < 1.29 is 23.4 Å². The van der Waals surface area contributed by atoms with Crippen LogP contribution in [0.15, 0.2) is 23.1 Å². The fourth-order valence-electron chi connectivity index (χ4n) is 2.07. The molecule has 1 saturated carbocycles. The Balaban J connectivity index is 2.17. The zero-order chi connectivity index (χ0) is 15.1. The van der Waals surface area contributed by atoms with E-state index in [0.29, 0.717) is 12.5 Å². The SMILES string of the molecule is CC1(C)CC1CNS(=O)(=O)c1ccc(O)c(C(=O)O)c1. The molecule has 1 fully saturated rings. The fourth-order valence-corrected chi connectivity index (χ4v) is 3.18. The Morgan fingerprint density at radius 3 is 2.55 bits per heavy atom. The minimum atomic E-state index is -3.76. The number of sulfonamides is 1. The van der Waals surface area contributed by atoms with Gasteiger partial charge in [0, 0.05) is 6.54 Å². The number of benzene rings is 1. The van der Waals surface area contributed by atoms with Crippen molar-refractivity contribution >= 4 is 16.0 Å². The number of carboxylic acids is 1. The summed E-state index contributed by atoms with van der Waals surface area (Å²) in [5, 5.41) is 18.2. The molecule has 1 atom stereocenters. The molecule has 0 aliphatic heterocycles. The molecule has 0 radical (unpaired) electrons. The summed E-state index contributed by atoms with van der Waals surface area (Å²) in [5.74, 6) is -1.53. The summed E-state index contributed by atoms with van der Waals surface area (Å²) in [6.07, 6.45) is 0.964. The van der Waals surface area contributed by atoms with E-state index >= 15 is 0 Å². The van der Waals surface area contributed by atoms with Crippen molar-refractivity contribution in [1.82, 2.24) is 4.72 Å². The third-order valence-electron chi connectivity index (χ3n) is 3.75. The predicted molar refractivity (Wildman–Crippen MR) is 72.1 cm³/mol. The normalized spacial score (nSPS) is 20.6. The summed E-state index contributed by atoms with van der Waals surface area (Å²) >= 11 is 0. The molecule has 0 heterocycles. The van der Waals surface area contributed by atoms with Gasteiger partial charge in [0.2, 0.25) is 10.0 Å². The van der Waals surface area contributed by atoms with E-state index < -0.39 is 27.3 Å². The molecular weight excluding hydrogens is 282 g/mol. The monoisotopic (exact) mass is 299 g/mol. The fraction of sp³-hybridized carbons (Fsp3) is 0.462. The van der Waals surface area contributed by atoms with Gasteiger partial charge in [-0.25, -0.2) is 17.9 Å². The van der Waals surface area contributed by atoms with Crippen molar-refractivity contribution in [3.05, 3.63) is 23.8 Å². The molecule has 0 bridgehead atoms. The summed E-state index contributed by atoms with van der Waals surface area (Å²) in [7, 11) is -3.76. The Kier molecular flexibility index (Phi) is 3.51. The average Bonchev–Trinajstić information content (AvgIpc) is 2.95. The number of nitrogens with one attached hydrogen (secondary N) is 1. The highest BCUT2D eigenvalue weighted by atomic mass is 32.2. The molecule has 110 valence electrons. The molecule has 7 heteroatoms. The number of aromatic carboxylic acids is 1. The first kappa shape index (κ1) is 14.8. The Morgan fingerprint density at radius 2 is 2.05 bits per heavy atom. The van der Waals surface area contributed by atoms with Gasteiger partial charge >= 0.3 is 5.97 Å². The van der Waals surface area contributed by atoms with Crippen LogP contribution >= 0.6 is 0 Å². The summed E-state index contributed by atoms with van der Waals surface area (Å²) in [5.41, 5.74) is -0.274. The Bertz CT molecular complexity index is 651. The molecule has 0 spiro atoms. The summed E-state index contributed by atoms with van der Waals surface area (Å²) < 4.78 is 26.6. The average molecular weight is 299 g/mol. The van der Waals surface area contributed by atoms with Gasteiger partial charge in [-0.05, 0) is 36.0 Å². The Labute approximate surface area is 117 Å². The van der Waals surface area contributed by atoms with Crippen molar-refractivity contribution in [2.24, 2.45) is 11.3 Å². The van der Waals surface area contributed by atoms with Crippen LogP contribution in [0.5, 0.6) is 5.75 Å². The van der Waals surface area contributed by atoms with Crippen LogP contribution in [0.1, 0.15) is 30.6 Å². The first-order valence-electron chi connectivity index (χ1n) is 6.19. The quantitative estimate of drug-likeness (QED) is 0.762. The zero-order valence-electron chi connectivity index (χ0n) is 11.3. The van der Waals surface area contributed by atoms with E-state index in [1.807, 2.05) is 0 Å². The Morgan fingerprint density at radius 1 is 1.45 bits per heavy atom. The van der Waals surface area contributed by atoms with E-state index in [4.69, 9.17) is 5.11 Å². The maximum absolute atomic E-state index is 12.1. The van der Waals surface area contributed by atoms with Crippen LogP contribution in [0.2, 0.25) is 0 Å². The van der Waals surface area contributed by atoms with Crippen molar-refractivity contribution in [1.29, 1.82) is 0 Å². The first-order valence-corrected chi connectivity index (χ1v) is 7.68. The van der Waals surface area contributed by atoms with Crippen LogP contribution < -0.4 is 4.72 Å². The summed E-state index contributed by atoms with van der Waals surface area (Å²) in [4.78, 5) is 10.7. The van der Waals surface area contributed by atoms with Crippen LogP contribution in [0, 0.1) is 11.3 Å². The van der Waals surface area contributed by atoms with Gasteiger partial charge in [0.05, 0.1) is 4.90 Å². The van der Waals surface area contributed by atoms with Gasteiger partial charge in [-0.15, -0.1) is 0 Å². The maximum atomic E-state index is 12.1. The highest BCUT2D eigenvalue weighted by Gasteiger charge is 2.45. The van der Waals surface area contributed by atoms with E-state index in [1.165, 1.54) is 6.07 Å². The number of hydrogen-bond acceptors (Lipinski definition) is 4. The zero-order valence-corrected chi connectivity index (χ0v) is 12.1. The molecule has 0 amide bonds. The number of aromatic hydroxyl groups is 1. The van der Waals surface area contributed by atoms with Gasteiger partial charge in [-0.1, -0.05) is 13.8 Å². The standard InChI is InChI=1S/C13H17NO5S/c1-13(2)6-8(13)7-14-20(18,19)9-3-4-11(15)10(5-9)12(16)17/h3-5,8,14-15H,6-7H2,1-2H3,(H,16,17). The smallest absolute Gasteiger partial charge is 0.339 e. The molecule has 1 aliphatic rings. The highest BCUT2D eigenvalue weighted by Crippen LogP contribution is 2.51. The molecule has 0 aromatic heterocycles. The molecule has 1 aromatic rings. The van der Waals surface area contributed by atoms with E-state index in [1.54, 1.807) is 0 Å². The Hall–Kier alpha value is -1.60. The number of hydrogen-bond donors (Lipinski definition) is 3. The molecular formula is C13H17NO5S. The second-order valence-corrected chi connectivity index (χ2v) is 7.49. The molecule has 0 saturated heterocycles. The lowest BCUT2D eigenvalue weighted by molar-refractivity contribution is 0.0693. The first-order chi connectivity index (χ1) is 9.13. The number of carbonyl (C=O) groups is 1. The van der Waals surface area contributed by atoms with E-state index in [0.717, 1.165) is 18.6 Å². The second kappa shape index (κ2) is 4.75. The van der Waals surface area contributed by atoms with Crippen molar-refractivity contribution in [3.8, 4) is 5.75 Å². The molecule has 1 unspecified atom stereocenters. The van der Waals surface area contributed by atoms with Crippen LogP contribution in [0.3, 0.4) is 0 Å². The lowest BCUT2D eigenvalue weighted by atomic mass is 10.1. The minimum absolute atomic E-state index is 0.156. The lowest BCUT2D eigenvalue weighted by Crippen LogP contribution is -2.27. The molecule has 3 N–H and O–H groups in total. The third-order valence-corrected chi connectivity index (χ3v) is 5.17. The highest BCUT2D eigenvalue weighted by molar-refractivity contribution is 7.89. The third kappa shape index (κ3) is 2.94. The van der Waals surface area contributed by atoms with Gasteiger partial charge in [-0.3, -0.25) is 0 Å². The molecule has 2 rings (SSSR count). The van der Waals surface area contributed by atoms with Crippen molar-refractivity contribution in [3.63, 3.8) is 0 Å². The number of rotatable bonds is 5. The van der Waals surface area contributed by atoms with Gasteiger partial charge in [0.15, 0.2) is 0 Å². The van der Waals surface area contributed by atoms with Crippen molar-refractivity contribution in [2.75, 3.05) is 6.54 Å². The van der Waals surface area contributed by atoms with Gasteiger partial charge < -0.3 is 10.2 Å². The van der Waals surface area contributed by atoms with Gasteiger partial charge in [0.25, 0.3) is 0 Å². The molecule has 20 heavy (non-hydrogen) atoms. The lowest BCUT2D eigenvalue weighted by Gasteiger charge is -2.09. The maximum Gasteiger partial charge on any atom is 0.339 e. The van der Waals surface area contributed by atoms with Crippen LogP contribution in [-0.4, -0.2) is 31.1 Å². The van der Waals surface area contributed by atoms with E-state index in [9.17, 15) is 18.3 Å². The van der Waals surface area contributed by atoms with Crippen LogP contribution in [-0.2, 0) is 10.0 Å².